The first-order valence-corrected chi connectivity index (χ1v) is 10.5. The number of nitrogens with two attached hydrogens (primary N) is 1. The molecule has 26 heavy (non-hydrogen) atoms. The number of nitrogen functional groups attached to an aromatic ring is 1. The molecule has 140 valence electrons. The van der Waals surface area contributed by atoms with Gasteiger partial charge in [-0.25, -0.2) is 13.4 Å². The zero-order valence-electron chi connectivity index (χ0n) is 15.1. The smallest absolute Gasteiger partial charge is 0.221 e. The number of sulfone groups is 1. The topological polar surface area (TPSA) is 98.4 Å². The largest absolute Gasteiger partial charge is 0.383 e. The highest BCUT2D eigenvalue weighted by Gasteiger charge is 2.26. The minimum Gasteiger partial charge on any atom is -0.383 e. The maximum atomic E-state index is 12.0. The van der Waals surface area contributed by atoms with Crippen LogP contribution in [0, 0.1) is 0 Å². The van der Waals surface area contributed by atoms with Crippen LogP contribution in [0.25, 0.3) is 0 Å². The molecule has 1 aromatic carbocycles. The van der Waals surface area contributed by atoms with E-state index in [9.17, 15) is 8.42 Å². The van der Waals surface area contributed by atoms with Crippen molar-refractivity contribution in [2.45, 2.75) is 30.1 Å². The number of nitrogens with zero attached hydrogens (tertiary/aromatic N) is 3. The van der Waals surface area contributed by atoms with E-state index in [2.05, 4.69) is 9.97 Å². The van der Waals surface area contributed by atoms with Gasteiger partial charge in [0, 0.05) is 31.8 Å². The van der Waals surface area contributed by atoms with Crippen molar-refractivity contribution >= 4 is 27.3 Å². The van der Waals surface area contributed by atoms with Crippen LogP contribution in [0.2, 0.25) is 0 Å². The fourth-order valence-corrected chi connectivity index (χ4v) is 3.77. The highest BCUT2D eigenvalue weighted by Crippen LogP contribution is 2.43. The second kappa shape index (κ2) is 7.59. The van der Waals surface area contributed by atoms with Gasteiger partial charge in [0.2, 0.25) is 5.95 Å². The summed E-state index contributed by atoms with van der Waals surface area (Å²) >= 11 is 0. The van der Waals surface area contributed by atoms with Gasteiger partial charge in [0.1, 0.15) is 5.82 Å². The molecule has 1 fully saturated rings. The molecule has 7 nitrogen and oxygen atoms in total. The van der Waals surface area contributed by atoms with Crippen LogP contribution in [-0.2, 0) is 14.6 Å². The normalized spacial score (nSPS) is 14.8. The number of ether oxygens (including phenoxy) is 1. The third-order valence-electron chi connectivity index (χ3n) is 4.72. The van der Waals surface area contributed by atoms with E-state index >= 15 is 0 Å². The predicted octanol–water partition coefficient (Wildman–Crippen LogP) is 2.51. The molecule has 0 radical (unpaired) electrons. The van der Waals surface area contributed by atoms with Crippen molar-refractivity contribution in [1.29, 1.82) is 0 Å². The van der Waals surface area contributed by atoms with Gasteiger partial charge in [-0.05, 0) is 48.6 Å². The van der Waals surface area contributed by atoms with E-state index in [4.69, 9.17) is 10.5 Å². The van der Waals surface area contributed by atoms with Crippen molar-refractivity contribution < 1.29 is 13.2 Å². The minimum atomic E-state index is -3.26. The van der Waals surface area contributed by atoms with E-state index in [1.807, 2.05) is 11.0 Å². The maximum absolute atomic E-state index is 12.0. The lowest BCUT2D eigenvalue weighted by molar-refractivity contribution is 0.207. The Hall–Kier alpha value is -2.19. The van der Waals surface area contributed by atoms with Gasteiger partial charge in [0.05, 0.1) is 11.5 Å². The van der Waals surface area contributed by atoms with E-state index in [0.717, 1.165) is 30.5 Å². The summed E-state index contributed by atoms with van der Waals surface area (Å²) in [6.07, 6.45) is 6.13. The lowest BCUT2D eigenvalue weighted by Gasteiger charge is -2.33. The van der Waals surface area contributed by atoms with Crippen LogP contribution in [0.15, 0.2) is 35.4 Å². The summed E-state index contributed by atoms with van der Waals surface area (Å²) in [4.78, 5) is 10.7. The molecular weight excluding hydrogens is 352 g/mol. The average Bonchev–Trinajstić information content (AvgIpc) is 2.54. The van der Waals surface area contributed by atoms with Gasteiger partial charge in [-0.1, -0.05) is 6.42 Å². The fourth-order valence-electron chi connectivity index (χ4n) is 3.11. The molecule has 2 aromatic rings. The van der Waals surface area contributed by atoms with Gasteiger partial charge >= 0.3 is 0 Å². The lowest BCUT2D eigenvalue weighted by atomic mass is 9.79. The van der Waals surface area contributed by atoms with E-state index in [0.29, 0.717) is 29.8 Å². The van der Waals surface area contributed by atoms with Crippen molar-refractivity contribution in [1.82, 2.24) is 9.97 Å². The minimum absolute atomic E-state index is 0.197. The summed E-state index contributed by atoms with van der Waals surface area (Å²) in [5, 5.41) is 0. The molecule has 0 saturated heterocycles. The number of rotatable bonds is 7. The summed E-state index contributed by atoms with van der Waals surface area (Å²) in [6.45, 7) is 1.08. The van der Waals surface area contributed by atoms with Crippen molar-refractivity contribution in [2.24, 2.45) is 0 Å². The van der Waals surface area contributed by atoms with Crippen LogP contribution in [0.3, 0.4) is 0 Å². The van der Waals surface area contributed by atoms with E-state index in [1.165, 1.54) is 6.26 Å². The van der Waals surface area contributed by atoms with Gasteiger partial charge in [-0.15, -0.1) is 0 Å². The second-order valence-electron chi connectivity index (χ2n) is 6.54. The first kappa shape index (κ1) is 18.6. The standard InChI is InChI=1S/C18H24N4O3S/c1-25-11-10-22(17-8-9-20-18(19)21-17)16-7-6-14(26(2,23)24)12-15(16)13-4-3-5-13/h6-9,12-13H,3-5,10-11H2,1-2H3,(H2,19,20,21). The first-order chi connectivity index (χ1) is 12.4. The van der Waals surface area contributed by atoms with Gasteiger partial charge in [0.25, 0.3) is 0 Å². The molecule has 0 unspecified atom stereocenters. The van der Waals surface area contributed by atoms with Crippen LogP contribution < -0.4 is 10.6 Å². The number of benzene rings is 1. The second-order valence-corrected chi connectivity index (χ2v) is 8.55. The SMILES string of the molecule is COCCN(c1ccnc(N)n1)c1ccc(S(C)(=O)=O)cc1C1CCC1. The Bertz CT molecular complexity index is 882. The van der Waals surface area contributed by atoms with Gasteiger partial charge < -0.3 is 15.4 Å². The number of methoxy groups -OCH3 is 1. The molecule has 1 aliphatic rings. The number of hydrogen-bond donors (Lipinski definition) is 1. The van der Waals surface area contributed by atoms with Crippen LogP contribution >= 0.6 is 0 Å². The van der Waals surface area contributed by atoms with Crippen LogP contribution in [-0.4, -0.2) is 44.9 Å². The summed E-state index contributed by atoms with van der Waals surface area (Å²) < 4.78 is 29.3. The quantitative estimate of drug-likeness (QED) is 0.793. The molecule has 0 bridgehead atoms. The molecule has 0 atom stereocenters. The van der Waals surface area contributed by atoms with Crippen LogP contribution in [0.5, 0.6) is 0 Å². The zero-order chi connectivity index (χ0) is 18.7. The fraction of sp³-hybridized carbons (Fsp3) is 0.444. The summed E-state index contributed by atoms with van der Waals surface area (Å²) in [6, 6.07) is 7.11. The number of hydrogen-bond acceptors (Lipinski definition) is 7. The predicted molar refractivity (Wildman–Crippen MR) is 101 cm³/mol. The molecule has 0 spiro atoms. The number of anilines is 3. The molecule has 1 heterocycles. The van der Waals surface area contributed by atoms with Crippen LogP contribution in [0.1, 0.15) is 30.7 Å². The Labute approximate surface area is 154 Å². The highest BCUT2D eigenvalue weighted by atomic mass is 32.2. The summed E-state index contributed by atoms with van der Waals surface area (Å²) in [7, 11) is -1.62. The Morgan fingerprint density at radius 2 is 2.08 bits per heavy atom. The maximum Gasteiger partial charge on any atom is 0.221 e. The van der Waals surface area contributed by atoms with Crippen LogP contribution in [0.4, 0.5) is 17.5 Å². The van der Waals surface area contributed by atoms with E-state index in [1.54, 1.807) is 31.5 Å². The highest BCUT2D eigenvalue weighted by molar-refractivity contribution is 7.90. The molecule has 1 saturated carbocycles. The first-order valence-electron chi connectivity index (χ1n) is 8.59. The Morgan fingerprint density at radius 3 is 2.65 bits per heavy atom. The lowest BCUT2D eigenvalue weighted by Crippen LogP contribution is -2.26. The van der Waals surface area contributed by atoms with Crippen molar-refractivity contribution in [3.05, 3.63) is 36.0 Å². The average molecular weight is 376 g/mol. The van der Waals surface area contributed by atoms with Gasteiger partial charge in [-0.3, -0.25) is 0 Å². The van der Waals surface area contributed by atoms with Gasteiger partial charge in [-0.2, -0.15) is 4.98 Å². The van der Waals surface area contributed by atoms with Crippen molar-refractivity contribution in [3.8, 4) is 0 Å². The molecule has 1 aromatic heterocycles. The monoisotopic (exact) mass is 376 g/mol. The third-order valence-corrected chi connectivity index (χ3v) is 5.83. The molecule has 0 amide bonds. The van der Waals surface area contributed by atoms with E-state index < -0.39 is 9.84 Å². The van der Waals surface area contributed by atoms with Crippen molar-refractivity contribution in [3.63, 3.8) is 0 Å². The third kappa shape index (κ3) is 3.96. The van der Waals surface area contributed by atoms with Crippen molar-refractivity contribution in [2.75, 3.05) is 37.2 Å². The summed E-state index contributed by atoms with van der Waals surface area (Å²) in [5.41, 5.74) is 7.74. The van der Waals surface area contributed by atoms with Gasteiger partial charge in [0.15, 0.2) is 9.84 Å². The Balaban J connectivity index is 2.10. The van der Waals surface area contributed by atoms with E-state index in [-0.39, 0.29) is 5.95 Å². The summed E-state index contributed by atoms with van der Waals surface area (Å²) in [5.74, 6) is 1.22. The molecule has 2 N–H and O–H groups in total. The molecule has 1 aliphatic carbocycles. The zero-order valence-corrected chi connectivity index (χ0v) is 15.9. The molecule has 8 heteroatoms. The Kier molecular flexibility index (Phi) is 5.43. The number of aromatic nitrogens is 2. The molecule has 0 aliphatic heterocycles. The molecular formula is C18H24N4O3S. The molecule has 3 rings (SSSR count). The Morgan fingerprint density at radius 1 is 1.31 bits per heavy atom.